The fourth-order valence-corrected chi connectivity index (χ4v) is 3.43. The van der Waals surface area contributed by atoms with Crippen molar-refractivity contribution in [1.82, 2.24) is 4.90 Å². The van der Waals surface area contributed by atoms with Gasteiger partial charge in [-0.1, -0.05) is 42.5 Å². The standard InChI is InChI=1S/C18H17NO/c20-18-14-8-10-19(11-9-14)17(18)12-15-6-3-5-13-4-1-2-7-16(13)15/h1-7,12,14H,8-11H2/b17-12-. The molecule has 2 aromatic carbocycles. The van der Waals surface area contributed by atoms with E-state index in [4.69, 9.17) is 0 Å². The molecule has 5 rings (SSSR count). The van der Waals surface area contributed by atoms with E-state index in [0.717, 1.165) is 37.2 Å². The maximum atomic E-state index is 12.4. The van der Waals surface area contributed by atoms with Gasteiger partial charge in [0, 0.05) is 19.0 Å². The summed E-state index contributed by atoms with van der Waals surface area (Å²) in [5.41, 5.74) is 2.07. The molecular formula is C18H17NO. The van der Waals surface area contributed by atoms with Gasteiger partial charge in [-0.2, -0.15) is 0 Å². The van der Waals surface area contributed by atoms with Crippen molar-refractivity contribution in [3.63, 3.8) is 0 Å². The average Bonchev–Trinajstić information content (AvgIpc) is 2.51. The first kappa shape index (κ1) is 11.7. The van der Waals surface area contributed by atoms with Crippen LogP contribution in [-0.2, 0) is 4.79 Å². The van der Waals surface area contributed by atoms with Crippen LogP contribution in [-0.4, -0.2) is 23.8 Å². The molecule has 3 aliphatic heterocycles. The summed E-state index contributed by atoms with van der Waals surface area (Å²) < 4.78 is 0. The van der Waals surface area contributed by atoms with Crippen LogP contribution in [0, 0.1) is 5.92 Å². The minimum Gasteiger partial charge on any atom is -0.369 e. The van der Waals surface area contributed by atoms with Gasteiger partial charge in [0.15, 0.2) is 5.78 Å². The monoisotopic (exact) mass is 263 g/mol. The molecule has 0 unspecified atom stereocenters. The van der Waals surface area contributed by atoms with Crippen molar-refractivity contribution < 1.29 is 4.79 Å². The number of nitrogens with zero attached hydrogens (tertiary/aromatic N) is 1. The predicted molar refractivity (Wildman–Crippen MR) is 81.2 cm³/mol. The summed E-state index contributed by atoms with van der Waals surface area (Å²) >= 11 is 0. The Labute approximate surface area is 118 Å². The van der Waals surface area contributed by atoms with Crippen molar-refractivity contribution >= 4 is 22.6 Å². The third-order valence-corrected chi connectivity index (χ3v) is 4.57. The first-order valence-corrected chi connectivity index (χ1v) is 7.31. The van der Waals surface area contributed by atoms with Crippen LogP contribution in [0.4, 0.5) is 0 Å². The molecule has 0 spiro atoms. The zero-order valence-corrected chi connectivity index (χ0v) is 11.4. The number of benzene rings is 2. The van der Waals surface area contributed by atoms with E-state index in [2.05, 4.69) is 53.4 Å². The van der Waals surface area contributed by atoms with E-state index in [9.17, 15) is 4.79 Å². The van der Waals surface area contributed by atoms with Gasteiger partial charge in [0.25, 0.3) is 0 Å². The quantitative estimate of drug-likeness (QED) is 0.734. The van der Waals surface area contributed by atoms with E-state index in [1.165, 1.54) is 10.8 Å². The van der Waals surface area contributed by atoms with E-state index in [0.29, 0.717) is 5.78 Å². The van der Waals surface area contributed by atoms with Gasteiger partial charge in [0.1, 0.15) is 0 Å². The number of ketones is 1. The number of Topliss-reactive ketones (excluding diaryl/α,β-unsaturated/α-hetero) is 1. The predicted octanol–water partition coefficient (Wildman–Crippen LogP) is 3.48. The third-order valence-electron chi connectivity index (χ3n) is 4.57. The summed E-state index contributed by atoms with van der Waals surface area (Å²) in [7, 11) is 0. The normalized spacial score (nSPS) is 21.1. The highest BCUT2D eigenvalue weighted by molar-refractivity contribution is 6.04. The number of carbonyl (C=O) groups excluding carboxylic acids is 1. The van der Waals surface area contributed by atoms with E-state index < -0.39 is 0 Å². The molecule has 0 N–H and O–H groups in total. The van der Waals surface area contributed by atoms with Crippen LogP contribution in [0.25, 0.3) is 16.8 Å². The number of hydrogen-bond acceptors (Lipinski definition) is 2. The van der Waals surface area contributed by atoms with Gasteiger partial charge in [-0.05, 0) is 35.3 Å². The Bertz CT molecular complexity index is 703. The van der Waals surface area contributed by atoms with Gasteiger partial charge >= 0.3 is 0 Å². The second-order valence-corrected chi connectivity index (χ2v) is 5.72. The van der Waals surface area contributed by atoms with Crippen LogP contribution in [0.5, 0.6) is 0 Å². The molecule has 0 atom stereocenters. The van der Waals surface area contributed by atoms with Gasteiger partial charge in [0.05, 0.1) is 5.70 Å². The van der Waals surface area contributed by atoms with E-state index in [-0.39, 0.29) is 5.92 Å². The van der Waals surface area contributed by atoms with Crippen LogP contribution in [0.2, 0.25) is 0 Å². The molecular weight excluding hydrogens is 246 g/mol. The lowest BCUT2D eigenvalue weighted by atomic mass is 9.84. The Morgan fingerprint density at radius 3 is 2.55 bits per heavy atom. The van der Waals surface area contributed by atoms with Crippen molar-refractivity contribution in [3.8, 4) is 0 Å². The van der Waals surface area contributed by atoms with E-state index in [1.807, 2.05) is 0 Å². The minimum absolute atomic E-state index is 0.265. The van der Waals surface area contributed by atoms with Gasteiger partial charge in [-0.25, -0.2) is 0 Å². The SMILES string of the molecule is O=C1/C(=C/c2cccc3ccccc23)N2CCC1CC2. The maximum absolute atomic E-state index is 12.4. The Morgan fingerprint density at radius 1 is 1.00 bits per heavy atom. The molecule has 2 nitrogen and oxygen atoms in total. The summed E-state index contributed by atoms with van der Waals surface area (Å²) in [6.45, 7) is 2.07. The Hall–Kier alpha value is -2.09. The lowest BCUT2D eigenvalue weighted by Crippen LogP contribution is -2.45. The highest BCUT2D eigenvalue weighted by atomic mass is 16.1. The van der Waals surface area contributed by atoms with Gasteiger partial charge in [0.2, 0.25) is 0 Å². The first-order valence-electron chi connectivity index (χ1n) is 7.31. The Morgan fingerprint density at radius 2 is 1.75 bits per heavy atom. The molecule has 2 heteroatoms. The smallest absolute Gasteiger partial charge is 0.182 e. The number of rotatable bonds is 1. The number of allylic oxidation sites excluding steroid dienone is 1. The van der Waals surface area contributed by atoms with Crippen molar-refractivity contribution in [2.45, 2.75) is 12.8 Å². The second-order valence-electron chi connectivity index (χ2n) is 5.72. The fourth-order valence-electron chi connectivity index (χ4n) is 3.43. The summed E-state index contributed by atoms with van der Waals surface area (Å²) in [6.07, 6.45) is 4.16. The average molecular weight is 263 g/mol. The molecule has 100 valence electrons. The van der Waals surface area contributed by atoms with Gasteiger partial charge in [-0.3, -0.25) is 4.79 Å². The maximum Gasteiger partial charge on any atom is 0.182 e. The number of hydrogen-bond donors (Lipinski definition) is 0. The lowest BCUT2D eigenvalue weighted by Gasteiger charge is -2.41. The Balaban J connectivity index is 1.84. The largest absolute Gasteiger partial charge is 0.369 e. The van der Waals surface area contributed by atoms with Crippen LogP contribution in [0.15, 0.2) is 48.2 Å². The molecule has 20 heavy (non-hydrogen) atoms. The number of piperidine rings is 3. The van der Waals surface area contributed by atoms with Gasteiger partial charge in [-0.15, -0.1) is 0 Å². The number of carbonyl (C=O) groups is 1. The minimum atomic E-state index is 0.265. The molecule has 0 aliphatic carbocycles. The molecule has 0 saturated carbocycles. The molecule has 3 fully saturated rings. The van der Waals surface area contributed by atoms with Crippen molar-refractivity contribution in [2.75, 3.05) is 13.1 Å². The van der Waals surface area contributed by atoms with Crippen LogP contribution < -0.4 is 0 Å². The highest BCUT2D eigenvalue weighted by Gasteiger charge is 2.36. The molecule has 0 radical (unpaired) electrons. The zero-order chi connectivity index (χ0) is 13.5. The van der Waals surface area contributed by atoms with Gasteiger partial charge < -0.3 is 4.90 Å². The molecule has 0 amide bonds. The van der Waals surface area contributed by atoms with Crippen molar-refractivity contribution in [1.29, 1.82) is 0 Å². The van der Waals surface area contributed by atoms with Crippen LogP contribution >= 0.6 is 0 Å². The second kappa shape index (κ2) is 4.48. The summed E-state index contributed by atoms with van der Waals surface area (Å²) in [4.78, 5) is 14.7. The van der Waals surface area contributed by atoms with Crippen molar-refractivity contribution in [2.24, 2.45) is 5.92 Å². The van der Waals surface area contributed by atoms with Crippen LogP contribution in [0.1, 0.15) is 18.4 Å². The van der Waals surface area contributed by atoms with Crippen molar-refractivity contribution in [3.05, 3.63) is 53.7 Å². The topological polar surface area (TPSA) is 20.3 Å². The highest BCUT2D eigenvalue weighted by Crippen LogP contribution is 2.33. The molecule has 3 saturated heterocycles. The Kier molecular flexibility index (Phi) is 2.62. The third kappa shape index (κ3) is 1.75. The molecule has 2 bridgehead atoms. The molecule has 3 aliphatic rings. The lowest BCUT2D eigenvalue weighted by molar-refractivity contribution is -0.125. The van der Waals surface area contributed by atoms with Crippen LogP contribution in [0.3, 0.4) is 0 Å². The summed E-state index contributed by atoms with van der Waals surface area (Å²) in [5.74, 6) is 0.608. The fraction of sp³-hybridized carbons (Fsp3) is 0.278. The molecule has 3 heterocycles. The molecule has 0 aromatic heterocycles. The zero-order valence-electron chi connectivity index (χ0n) is 11.4. The number of fused-ring (bicyclic) bond motifs is 4. The summed E-state index contributed by atoms with van der Waals surface area (Å²) in [5, 5.41) is 2.45. The molecule has 2 aromatic rings. The summed E-state index contributed by atoms with van der Waals surface area (Å²) in [6, 6.07) is 14.6. The first-order chi connectivity index (χ1) is 9.83. The van der Waals surface area contributed by atoms with E-state index >= 15 is 0 Å². The van der Waals surface area contributed by atoms with E-state index in [1.54, 1.807) is 0 Å².